The second kappa shape index (κ2) is 8.74. The van der Waals surface area contributed by atoms with E-state index in [1.165, 1.54) is 12.0 Å². The van der Waals surface area contributed by atoms with E-state index >= 15 is 0 Å². The first-order chi connectivity index (χ1) is 9.20. The van der Waals surface area contributed by atoms with Crippen molar-refractivity contribution < 1.29 is 23.8 Å². The lowest BCUT2D eigenvalue weighted by atomic mass is 10.2. The minimum absolute atomic E-state index is 0.198. The Bertz CT molecular complexity index is 267. The average Bonchev–Trinajstić information content (AvgIpc) is 2.88. The highest BCUT2D eigenvalue weighted by Gasteiger charge is 2.36. The van der Waals surface area contributed by atoms with Crippen LogP contribution in [-0.4, -0.2) is 56.5 Å². The van der Waals surface area contributed by atoms with E-state index in [1.54, 1.807) is 0 Å². The zero-order valence-electron chi connectivity index (χ0n) is 11.7. The number of esters is 1. The zero-order chi connectivity index (χ0) is 14.1. The van der Waals surface area contributed by atoms with Gasteiger partial charge in [-0.05, 0) is 19.3 Å². The molecule has 0 aromatic carbocycles. The third-order valence-corrected chi connectivity index (χ3v) is 3.01. The number of hydrogen-bond acceptors (Lipinski definition) is 5. The molecular weight excluding hydrogens is 250 g/mol. The third-order valence-electron chi connectivity index (χ3n) is 3.01. The molecule has 1 rings (SSSR count). The van der Waals surface area contributed by atoms with Crippen LogP contribution in [0, 0.1) is 0 Å². The van der Waals surface area contributed by atoms with Gasteiger partial charge in [-0.1, -0.05) is 13.3 Å². The summed E-state index contributed by atoms with van der Waals surface area (Å²) in [6.07, 6.45) is 2.79. The number of carbonyl (C=O) groups excluding carboxylic acids is 2. The van der Waals surface area contributed by atoms with Crippen molar-refractivity contribution >= 4 is 12.1 Å². The Hall–Kier alpha value is -1.30. The van der Waals surface area contributed by atoms with Crippen molar-refractivity contribution in [3.8, 4) is 0 Å². The van der Waals surface area contributed by atoms with Crippen molar-refractivity contribution in [2.24, 2.45) is 0 Å². The van der Waals surface area contributed by atoms with E-state index in [9.17, 15) is 9.59 Å². The van der Waals surface area contributed by atoms with E-state index in [1.807, 2.05) is 6.92 Å². The summed E-state index contributed by atoms with van der Waals surface area (Å²) in [4.78, 5) is 25.1. The molecule has 1 atom stereocenters. The van der Waals surface area contributed by atoms with Crippen molar-refractivity contribution in [1.29, 1.82) is 0 Å². The zero-order valence-corrected chi connectivity index (χ0v) is 11.7. The van der Waals surface area contributed by atoms with E-state index in [4.69, 9.17) is 14.2 Å². The molecule has 0 saturated carbocycles. The summed E-state index contributed by atoms with van der Waals surface area (Å²) in [5.41, 5.74) is 0. The Balaban J connectivity index is 2.39. The topological polar surface area (TPSA) is 65.1 Å². The predicted molar refractivity (Wildman–Crippen MR) is 68.8 cm³/mol. The standard InChI is InChI=1S/C13H23NO5/c1-3-4-8-18-12(15)11-6-5-7-14(11)13(16)19-10-9-17-2/h11H,3-10H2,1-2H3. The second-order valence-electron chi connectivity index (χ2n) is 4.48. The Morgan fingerprint density at radius 3 is 2.68 bits per heavy atom. The molecule has 1 aliphatic heterocycles. The summed E-state index contributed by atoms with van der Waals surface area (Å²) in [7, 11) is 1.54. The summed E-state index contributed by atoms with van der Waals surface area (Å²) in [5, 5.41) is 0. The molecule has 0 bridgehead atoms. The fourth-order valence-electron chi connectivity index (χ4n) is 1.94. The predicted octanol–water partition coefficient (Wildman–Crippen LogP) is 1.58. The normalized spacial score (nSPS) is 18.4. The van der Waals surface area contributed by atoms with E-state index < -0.39 is 12.1 Å². The van der Waals surface area contributed by atoms with Crippen molar-refractivity contribution in [2.45, 2.75) is 38.6 Å². The molecule has 1 aliphatic rings. The number of unbranched alkanes of at least 4 members (excludes halogenated alkanes) is 1. The lowest BCUT2D eigenvalue weighted by molar-refractivity contribution is -0.148. The van der Waals surface area contributed by atoms with E-state index in [0.717, 1.165) is 19.3 Å². The Kier molecular flexibility index (Phi) is 7.25. The summed E-state index contributed by atoms with van der Waals surface area (Å²) < 4.78 is 15.0. The highest BCUT2D eigenvalue weighted by molar-refractivity contribution is 5.82. The van der Waals surface area contributed by atoms with Crippen LogP contribution in [0.3, 0.4) is 0 Å². The van der Waals surface area contributed by atoms with Gasteiger partial charge in [-0.25, -0.2) is 9.59 Å². The van der Waals surface area contributed by atoms with Gasteiger partial charge in [-0.3, -0.25) is 4.90 Å². The number of rotatable bonds is 7. The molecule has 0 aromatic heterocycles. The van der Waals surface area contributed by atoms with Crippen LogP contribution in [0.4, 0.5) is 4.79 Å². The Labute approximate surface area is 114 Å². The van der Waals surface area contributed by atoms with Gasteiger partial charge in [0.25, 0.3) is 0 Å². The van der Waals surface area contributed by atoms with Crippen molar-refractivity contribution in [1.82, 2.24) is 4.90 Å². The summed E-state index contributed by atoms with van der Waals surface area (Å²) in [6, 6.07) is -0.494. The molecule has 6 nitrogen and oxygen atoms in total. The van der Waals surface area contributed by atoms with Gasteiger partial charge in [0.2, 0.25) is 0 Å². The molecular formula is C13H23NO5. The fourth-order valence-corrected chi connectivity index (χ4v) is 1.94. The van der Waals surface area contributed by atoms with Crippen LogP contribution in [-0.2, 0) is 19.0 Å². The van der Waals surface area contributed by atoms with Crippen molar-refractivity contribution in [3.63, 3.8) is 0 Å². The number of ether oxygens (including phenoxy) is 3. The molecule has 1 amide bonds. The highest BCUT2D eigenvalue weighted by Crippen LogP contribution is 2.19. The van der Waals surface area contributed by atoms with Gasteiger partial charge in [-0.15, -0.1) is 0 Å². The minimum Gasteiger partial charge on any atom is -0.464 e. The lowest BCUT2D eigenvalue weighted by Gasteiger charge is -2.22. The van der Waals surface area contributed by atoms with E-state index in [-0.39, 0.29) is 12.6 Å². The maximum Gasteiger partial charge on any atom is 0.410 e. The van der Waals surface area contributed by atoms with Gasteiger partial charge >= 0.3 is 12.1 Å². The van der Waals surface area contributed by atoms with Crippen LogP contribution in [0.15, 0.2) is 0 Å². The van der Waals surface area contributed by atoms with Gasteiger partial charge in [0.1, 0.15) is 12.6 Å². The Morgan fingerprint density at radius 2 is 2.00 bits per heavy atom. The van der Waals surface area contributed by atoms with Crippen molar-refractivity contribution in [3.05, 3.63) is 0 Å². The number of methoxy groups -OCH3 is 1. The molecule has 110 valence electrons. The van der Waals surface area contributed by atoms with E-state index in [0.29, 0.717) is 26.2 Å². The molecule has 1 heterocycles. The van der Waals surface area contributed by atoms with Gasteiger partial charge in [-0.2, -0.15) is 0 Å². The van der Waals surface area contributed by atoms with Gasteiger partial charge in [0.05, 0.1) is 13.2 Å². The molecule has 1 saturated heterocycles. The third kappa shape index (κ3) is 5.06. The van der Waals surface area contributed by atoms with Crippen LogP contribution >= 0.6 is 0 Å². The van der Waals surface area contributed by atoms with Gasteiger partial charge in [0, 0.05) is 13.7 Å². The molecule has 0 spiro atoms. The highest BCUT2D eigenvalue weighted by atomic mass is 16.6. The van der Waals surface area contributed by atoms with Crippen molar-refractivity contribution in [2.75, 3.05) is 33.5 Å². The summed E-state index contributed by atoms with van der Waals surface area (Å²) in [5.74, 6) is -0.324. The number of likely N-dealkylation sites (tertiary alicyclic amines) is 1. The Morgan fingerprint density at radius 1 is 1.21 bits per heavy atom. The van der Waals surface area contributed by atoms with Crippen LogP contribution in [0.1, 0.15) is 32.6 Å². The molecule has 0 N–H and O–H groups in total. The number of carbonyl (C=O) groups is 2. The van der Waals surface area contributed by atoms with Gasteiger partial charge < -0.3 is 14.2 Å². The summed E-state index contributed by atoms with van der Waals surface area (Å²) >= 11 is 0. The first-order valence-electron chi connectivity index (χ1n) is 6.79. The van der Waals surface area contributed by atoms with Crippen LogP contribution in [0.5, 0.6) is 0 Å². The van der Waals surface area contributed by atoms with Crippen LogP contribution < -0.4 is 0 Å². The largest absolute Gasteiger partial charge is 0.464 e. The minimum atomic E-state index is -0.494. The first kappa shape index (κ1) is 15.8. The summed E-state index contributed by atoms with van der Waals surface area (Å²) in [6.45, 7) is 3.54. The maximum atomic E-state index is 11.9. The van der Waals surface area contributed by atoms with Crippen LogP contribution in [0.25, 0.3) is 0 Å². The van der Waals surface area contributed by atoms with Crippen LogP contribution in [0.2, 0.25) is 0 Å². The fraction of sp³-hybridized carbons (Fsp3) is 0.846. The molecule has 0 radical (unpaired) electrons. The smallest absolute Gasteiger partial charge is 0.410 e. The average molecular weight is 273 g/mol. The molecule has 6 heteroatoms. The number of nitrogens with zero attached hydrogens (tertiary/aromatic N) is 1. The van der Waals surface area contributed by atoms with Gasteiger partial charge in [0.15, 0.2) is 0 Å². The van der Waals surface area contributed by atoms with E-state index in [2.05, 4.69) is 0 Å². The molecule has 19 heavy (non-hydrogen) atoms. The SMILES string of the molecule is CCCCOC(=O)C1CCCN1C(=O)OCCOC. The first-order valence-corrected chi connectivity index (χ1v) is 6.79. The molecule has 1 fully saturated rings. The second-order valence-corrected chi connectivity index (χ2v) is 4.48. The molecule has 0 aliphatic carbocycles. The lowest BCUT2D eigenvalue weighted by Crippen LogP contribution is -2.42. The molecule has 0 aromatic rings. The number of hydrogen-bond donors (Lipinski definition) is 0. The quantitative estimate of drug-likeness (QED) is 0.520. The maximum absolute atomic E-state index is 11.9. The monoisotopic (exact) mass is 273 g/mol. The molecule has 1 unspecified atom stereocenters. The number of amides is 1.